The molecule has 1 atom stereocenters. The van der Waals surface area contributed by atoms with E-state index in [-0.39, 0.29) is 12.0 Å². The molecule has 8 heteroatoms. The first-order chi connectivity index (χ1) is 15.2. The third kappa shape index (κ3) is 4.49. The van der Waals surface area contributed by atoms with Gasteiger partial charge in [0.15, 0.2) is 0 Å². The molecule has 1 aliphatic heterocycles. The molecule has 1 fully saturated rings. The van der Waals surface area contributed by atoms with E-state index >= 15 is 0 Å². The molecule has 0 radical (unpaired) electrons. The van der Waals surface area contributed by atoms with E-state index in [0.29, 0.717) is 24.5 Å². The van der Waals surface area contributed by atoms with Crippen LogP contribution in [0.5, 0.6) is 0 Å². The minimum Gasteiger partial charge on any atom is -0.442 e. The number of halogens is 3. The molecule has 0 saturated carbocycles. The highest BCUT2D eigenvalue weighted by molar-refractivity contribution is 5.89. The van der Waals surface area contributed by atoms with Crippen LogP contribution in [0.4, 0.5) is 23.7 Å². The molecule has 0 aliphatic carbocycles. The van der Waals surface area contributed by atoms with Gasteiger partial charge in [0.2, 0.25) is 5.89 Å². The van der Waals surface area contributed by atoms with Crippen LogP contribution in [-0.4, -0.2) is 22.5 Å². The van der Waals surface area contributed by atoms with Gasteiger partial charge in [-0.15, -0.1) is 0 Å². The molecule has 3 aromatic rings. The van der Waals surface area contributed by atoms with Gasteiger partial charge in [-0.25, -0.2) is 9.78 Å². The third-order valence-electron chi connectivity index (χ3n) is 5.50. The average Bonchev–Trinajstić information content (AvgIpc) is 3.41. The topological polar surface area (TPSA) is 58.4 Å². The fraction of sp³-hybridized carbons (Fsp3) is 0.333. The summed E-state index contributed by atoms with van der Waals surface area (Å²) in [5, 5.41) is 2.69. The summed E-state index contributed by atoms with van der Waals surface area (Å²) < 4.78 is 44.4. The monoisotopic (exact) mass is 443 g/mol. The summed E-state index contributed by atoms with van der Waals surface area (Å²) in [6, 6.07) is 13.4. The van der Waals surface area contributed by atoms with Gasteiger partial charge in [0.05, 0.1) is 5.56 Å². The number of aromatic nitrogens is 1. The van der Waals surface area contributed by atoms with Crippen LogP contribution in [-0.2, 0) is 6.18 Å². The largest absolute Gasteiger partial charge is 0.442 e. The van der Waals surface area contributed by atoms with Crippen LogP contribution in [0.1, 0.15) is 55.9 Å². The molecule has 1 unspecified atom stereocenters. The summed E-state index contributed by atoms with van der Waals surface area (Å²) in [7, 11) is 0. The summed E-state index contributed by atoms with van der Waals surface area (Å²) >= 11 is 0. The number of urea groups is 1. The number of oxazole rings is 1. The van der Waals surface area contributed by atoms with Crippen LogP contribution >= 0.6 is 0 Å². The molecule has 5 nitrogen and oxygen atoms in total. The second kappa shape index (κ2) is 8.68. The van der Waals surface area contributed by atoms with E-state index in [1.807, 2.05) is 44.2 Å². The highest BCUT2D eigenvalue weighted by Gasteiger charge is 2.35. The molecule has 2 aromatic carbocycles. The fourth-order valence-corrected chi connectivity index (χ4v) is 3.89. The lowest BCUT2D eigenvalue weighted by molar-refractivity contribution is -0.137. The summed E-state index contributed by atoms with van der Waals surface area (Å²) in [5.41, 5.74) is 1.26. The molecular weight excluding hydrogens is 419 g/mol. The lowest BCUT2D eigenvalue weighted by Crippen LogP contribution is -2.34. The van der Waals surface area contributed by atoms with E-state index in [4.69, 9.17) is 9.40 Å². The van der Waals surface area contributed by atoms with Crippen LogP contribution < -0.4 is 5.32 Å². The number of benzene rings is 2. The molecule has 0 spiro atoms. The van der Waals surface area contributed by atoms with E-state index in [1.54, 1.807) is 4.90 Å². The van der Waals surface area contributed by atoms with Crippen molar-refractivity contribution in [1.29, 1.82) is 0 Å². The summed E-state index contributed by atoms with van der Waals surface area (Å²) in [6.45, 7) is 4.57. The molecule has 1 aliphatic rings. The fourth-order valence-electron chi connectivity index (χ4n) is 3.89. The number of carbonyl (C=O) groups excluding carboxylic acids is 1. The number of hydrogen-bond acceptors (Lipinski definition) is 3. The van der Waals surface area contributed by atoms with Crippen molar-refractivity contribution in [3.63, 3.8) is 0 Å². The Labute approximate surface area is 184 Å². The minimum absolute atomic E-state index is 0.113. The van der Waals surface area contributed by atoms with Crippen molar-refractivity contribution in [3.8, 4) is 11.3 Å². The number of anilines is 1. The maximum atomic E-state index is 12.9. The van der Waals surface area contributed by atoms with Crippen LogP contribution in [0.25, 0.3) is 11.3 Å². The lowest BCUT2D eigenvalue weighted by atomic mass is 10.0. The van der Waals surface area contributed by atoms with E-state index in [9.17, 15) is 18.0 Å². The first-order valence-electron chi connectivity index (χ1n) is 10.5. The van der Waals surface area contributed by atoms with Gasteiger partial charge in [-0.05, 0) is 37.1 Å². The van der Waals surface area contributed by atoms with E-state index in [0.717, 1.165) is 35.6 Å². The van der Waals surface area contributed by atoms with Gasteiger partial charge >= 0.3 is 12.2 Å². The van der Waals surface area contributed by atoms with Gasteiger partial charge in [0, 0.05) is 23.7 Å². The Morgan fingerprint density at radius 2 is 1.81 bits per heavy atom. The Kier molecular flexibility index (Phi) is 5.95. The Hall–Kier alpha value is -3.29. The highest BCUT2D eigenvalue weighted by Crippen LogP contribution is 2.37. The molecule has 32 heavy (non-hydrogen) atoms. The Morgan fingerprint density at radius 1 is 1.12 bits per heavy atom. The predicted molar refractivity (Wildman–Crippen MR) is 115 cm³/mol. The molecule has 2 amide bonds. The minimum atomic E-state index is -4.42. The second-order valence-electron chi connectivity index (χ2n) is 8.14. The van der Waals surface area contributed by atoms with Crippen molar-refractivity contribution in [2.75, 3.05) is 11.9 Å². The zero-order valence-corrected chi connectivity index (χ0v) is 17.8. The van der Waals surface area contributed by atoms with Crippen LogP contribution in [0, 0.1) is 0 Å². The standard InChI is InChI=1S/C24H24F3N3O2/c1-15(2)21-20(16-7-4-3-5-8-16)29-22(32-21)19-9-6-14-30(19)23(31)28-18-12-10-17(11-13-18)24(25,26)27/h3-5,7-8,10-13,15,19H,6,9,14H2,1-2H3,(H,28,31). The van der Waals surface area contributed by atoms with Gasteiger partial charge < -0.3 is 14.6 Å². The number of likely N-dealkylation sites (tertiary alicyclic amines) is 1. The van der Waals surface area contributed by atoms with E-state index in [2.05, 4.69) is 5.32 Å². The van der Waals surface area contributed by atoms with Crippen molar-refractivity contribution >= 4 is 11.7 Å². The molecule has 1 aromatic heterocycles. The molecule has 1 N–H and O–H groups in total. The smallest absolute Gasteiger partial charge is 0.416 e. The van der Waals surface area contributed by atoms with E-state index < -0.39 is 17.8 Å². The van der Waals surface area contributed by atoms with Crippen molar-refractivity contribution < 1.29 is 22.4 Å². The van der Waals surface area contributed by atoms with E-state index in [1.165, 1.54) is 12.1 Å². The van der Waals surface area contributed by atoms with Crippen molar-refractivity contribution in [2.45, 2.75) is 44.8 Å². The first-order valence-corrected chi connectivity index (χ1v) is 10.5. The van der Waals surface area contributed by atoms with Gasteiger partial charge in [-0.2, -0.15) is 13.2 Å². The Bertz CT molecular complexity index is 1080. The van der Waals surface area contributed by atoms with Gasteiger partial charge in [0.1, 0.15) is 17.5 Å². The number of nitrogens with zero attached hydrogens (tertiary/aromatic N) is 2. The van der Waals surface area contributed by atoms with Gasteiger partial charge in [-0.1, -0.05) is 44.2 Å². The number of alkyl halides is 3. The molecule has 1 saturated heterocycles. The number of nitrogens with one attached hydrogen (secondary N) is 1. The number of hydrogen-bond donors (Lipinski definition) is 1. The molecule has 2 heterocycles. The molecule has 4 rings (SSSR count). The van der Waals surface area contributed by atoms with Crippen LogP contribution in [0.15, 0.2) is 59.0 Å². The molecule has 0 bridgehead atoms. The SMILES string of the molecule is CC(C)c1oc(C2CCCN2C(=O)Nc2ccc(C(F)(F)F)cc2)nc1-c1ccccc1. The summed E-state index contributed by atoms with van der Waals surface area (Å²) in [5.74, 6) is 1.36. The van der Waals surface area contributed by atoms with Gasteiger partial charge in [-0.3, -0.25) is 0 Å². The quantitative estimate of drug-likeness (QED) is 0.480. The number of carbonyl (C=O) groups is 1. The van der Waals surface area contributed by atoms with Gasteiger partial charge in [0.25, 0.3) is 0 Å². The molecule has 168 valence electrons. The maximum absolute atomic E-state index is 12.9. The first kappa shape index (κ1) is 21.9. The summed E-state index contributed by atoms with van der Waals surface area (Å²) in [6.07, 6.45) is -2.93. The van der Waals surface area contributed by atoms with Crippen molar-refractivity contribution in [2.24, 2.45) is 0 Å². The van der Waals surface area contributed by atoms with Crippen LogP contribution in [0.3, 0.4) is 0 Å². The third-order valence-corrected chi connectivity index (χ3v) is 5.50. The zero-order chi connectivity index (χ0) is 22.9. The molecular formula is C24H24F3N3O2. The Balaban J connectivity index is 1.55. The predicted octanol–water partition coefficient (Wildman–Crippen LogP) is 6.85. The average molecular weight is 443 g/mol. The highest BCUT2D eigenvalue weighted by atomic mass is 19.4. The normalized spacial score (nSPS) is 16.6. The zero-order valence-electron chi connectivity index (χ0n) is 17.8. The van der Waals surface area contributed by atoms with Crippen molar-refractivity contribution in [1.82, 2.24) is 9.88 Å². The number of amides is 2. The number of rotatable bonds is 4. The second-order valence-corrected chi connectivity index (χ2v) is 8.14. The summed E-state index contributed by atoms with van der Waals surface area (Å²) in [4.78, 5) is 19.3. The maximum Gasteiger partial charge on any atom is 0.416 e. The van der Waals surface area contributed by atoms with Crippen molar-refractivity contribution in [3.05, 3.63) is 71.8 Å². The Morgan fingerprint density at radius 3 is 2.44 bits per heavy atom. The lowest BCUT2D eigenvalue weighted by Gasteiger charge is -2.23. The van der Waals surface area contributed by atoms with Crippen LogP contribution in [0.2, 0.25) is 0 Å².